The first-order valence-electron chi connectivity index (χ1n) is 5.56. The fraction of sp³-hybridized carbons (Fsp3) is 0.385. The van der Waals surface area contributed by atoms with Gasteiger partial charge in [-0.2, -0.15) is 0 Å². The monoisotopic (exact) mass is 200 g/mol. The van der Waals surface area contributed by atoms with Crippen molar-refractivity contribution < 1.29 is 0 Å². The quantitative estimate of drug-likeness (QED) is 0.783. The summed E-state index contributed by atoms with van der Waals surface area (Å²) >= 11 is 0. The topological polar surface area (TPSA) is 27.8 Å². The molecule has 0 bridgehead atoms. The molecule has 0 radical (unpaired) electrons. The van der Waals surface area contributed by atoms with E-state index in [1.165, 1.54) is 29.3 Å². The van der Waals surface area contributed by atoms with Crippen LogP contribution in [0, 0.1) is 0 Å². The second kappa shape index (κ2) is 3.11. The number of aromatic amines is 1. The molecule has 1 aliphatic carbocycles. The maximum absolute atomic E-state index is 3.60. The first kappa shape index (κ1) is 8.98. The van der Waals surface area contributed by atoms with Gasteiger partial charge in [-0.25, -0.2) is 0 Å². The fourth-order valence-electron chi connectivity index (χ4n) is 1.89. The van der Waals surface area contributed by atoms with Crippen molar-refractivity contribution in [2.75, 3.05) is 0 Å². The minimum Gasteiger partial charge on any atom is -0.361 e. The van der Waals surface area contributed by atoms with E-state index >= 15 is 0 Å². The van der Waals surface area contributed by atoms with Crippen molar-refractivity contribution in [3.63, 3.8) is 0 Å². The molecule has 78 valence electrons. The van der Waals surface area contributed by atoms with Crippen molar-refractivity contribution >= 4 is 10.9 Å². The van der Waals surface area contributed by atoms with E-state index < -0.39 is 0 Å². The lowest BCUT2D eigenvalue weighted by Crippen LogP contribution is -2.26. The van der Waals surface area contributed by atoms with Crippen LogP contribution in [-0.2, 0) is 6.54 Å². The Morgan fingerprint density at radius 3 is 3.00 bits per heavy atom. The summed E-state index contributed by atoms with van der Waals surface area (Å²) in [7, 11) is 0. The van der Waals surface area contributed by atoms with Crippen LogP contribution in [0.4, 0.5) is 0 Å². The first-order valence-corrected chi connectivity index (χ1v) is 5.56. The normalized spacial score (nSPS) is 18.2. The number of fused-ring (bicyclic) bond motifs is 1. The van der Waals surface area contributed by atoms with Crippen LogP contribution in [0.3, 0.4) is 0 Å². The van der Waals surface area contributed by atoms with Crippen molar-refractivity contribution in [3.05, 3.63) is 36.0 Å². The van der Waals surface area contributed by atoms with Crippen LogP contribution in [0.5, 0.6) is 0 Å². The van der Waals surface area contributed by atoms with Gasteiger partial charge in [-0.15, -0.1) is 0 Å². The van der Waals surface area contributed by atoms with Gasteiger partial charge in [-0.1, -0.05) is 6.07 Å². The number of hydrogen-bond acceptors (Lipinski definition) is 1. The van der Waals surface area contributed by atoms with Gasteiger partial charge in [0.15, 0.2) is 0 Å². The largest absolute Gasteiger partial charge is 0.361 e. The molecule has 0 aliphatic heterocycles. The van der Waals surface area contributed by atoms with Crippen LogP contribution >= 0.6 is 0 Å². The summed E-state index contributed by atoms with van der Waals surface area (Å²) in [5.74, 6) is 0. The van der Waals surface area contributed by atoms with E-state index in [-0.39, 0.29) is 0 Å². The predicted octanol–water partition coefficient (Wildman–Crippen LogP) is 2.81. The highest BCUT2D eigenvalue weighted by atomic mass is 15.0. The molecule has 2 N–H and O–H groups in total. The highest BCUT2D eigenvalue weighted by molar-refractivity contribution is 5.79. The molecule has 2 aromatic rings. The minimum atomic E-state index is 0.424. The zero-order valence-electron chi connectivity index (χ0n) is 9.01. The molecule has 1 heterocycles. The number of aromatic nitrogens is 1. The van der Waals surface area contributed by atoms with Crippen molar-refractivity contribution in [2.24, 2.45) is 0 Å². The Labute approximate surface area is 89.7 Å². The lowest BCUT2D eigenvalue weighted by Gasteiger charge is -2.11. The van der Waals surface area contributed by atoms with E-state index in [1.807, 2.05) is 6.20 Å². The summed E-state index contributed by atoms with van der Waals surface area (Å²) in [5.41, 5.74) is 3.01. The molecule has 1 saturated carbocycles. The lowest BCUT2D eigenvalue weighted by atomic mass is 10.1. The smallest absolute Gasteiger partial charge is 0.0454 e. The van der Waals surface area contributed by atoms with Gasteiger partial charge in [0.25, 0.3) is 0 Å². The first-order chi connectivity index (χ1) is 7.25. The maximum Gasteiger partial charge on any atom is 0.0454 e. The van der Waals surface area contributed by atoms with Gasteiger partial charge < -0.3 is 10.3 Å². The molecule has 1 fully saturated rings. The summed E-state index contributed by atoms with van der Waals surface area (Å²) in [6.07, 6.45) is 4.63. The second-order valence-corrected chi connectivity index (χ2v) is 4.81. The average molecular weight is 200 g/mol. The molecule has 15 heavy (non-hydrogen) atoms. The van der Waals surface area contributed by atoms with Crippen LogP contribution in [0.15, 0.2) is 30.5 Å². The molecule has 0 saturated heterocycles. The van der Waals surface area contributed by atoms with Crippen molar-refractivity contribution in [1.29, 1.82) is 0 Å². The third kappa shape index (κ3) is 1.77. The maximum atomic E-state index is 3.60. The molecule has 0 amide bonds. The molecule has 1 aliphatic rings. The average Bonchev–Trinajstić information content (AvgIpc) is 2.80. The van der Waals surface area contributed by atoms with Crippen LogP contribution in [0.2, 0.25) is 0 Å². The van der Waals surface area contributed by atoms with E-state index in [9.17, 15) is 0 Å². The number of benzene rings is 1. The van der Waals surface area contributed by atoms with Crippen molar-refractivity contribution in [3.8, 4) is 0 Å². The number of rotatable bonds is 3. The standard InChI is InChI=1S/C13H16N2/c1-13(5-6-13)15-9-10-2-3-12-11(8-10)4-7-14-12/h2-4,7-8,14-15H,5-6,9H2,1H3. The van der Waals surface area contributed by atoms with E-state index in [0.717, 1.165) is 6.54 Å². The zero-order chi connectivity index (χ0) is 10.3. The van der Waals surface area contributed by atoms with Gasteiger partial charge in [0.1, 0.15) is 0 Å². The molecular weight excluding hydrogens is 184 g/mol. The predicted molar refractivity (Wildman–Crippen MR) is 62.8 cm³/mol. The minimum absolute atomic E-state index is 0.424. The molecular formula is C13H16N2. The molecule has 1 aromatic heterocycles. The third-order valence-electron chi connectivity index (χ3n) is 3.34. The summed E-state index contributed by atoms with van der Waals surface area (Å²) in [4.78, 5) is 3.21. The van der Waals surface area contributed by atoms with E-state index in [2.05, 4.69) is 41.5 Å². The zero-order valence-corrected chi connectivity index (χ0v) is 9.01. The molecule has 2 nitrogen and oxygen atoms in total. The molecule has 3 rings (SSSR count). The second-order valence-electron chi connectivity index (χ2n) is 4.81. The SMILES string of the molecule is CC1(NCc2ccc3[nH]ccc3c2)CC1. The molecule has 0 atom stereocenters. The summed E-state index contributed by atoms with van der Waals surface area (Å²) in [6, 6.07) is 8.72. The Morgan fingerprint density at radius 2 is 2.20 bits per heavy atom. The summed E-state index contributed by atoms with van der Waals surface area (Å²) in [5, 5.41) is 4.90. The van der Waals surface area contributed by atoms with Crippen LogP contribution in [0.25, 0.3) is 10.9 Å². The van der Waals surface area contributed by atoms with Gasteiger partial charge in [0, 0.05) is 23.8 Å². The van der Waals surface area contributed by atoms with E-state index in [0.29, 0.717) is 5.54 Å². The van der Waals surface area contributed by atoms with Gasteiger partial charge in [0.2, 0.25) is 0 Å². The van der Waals surface area contributed by atoms with Gasteiger partial charge in [-0.05, 0) is 48.9 Å². The number of H-pyrrole nitrogens is 1. The van der Waals surface area contributed by atoms with Crippen molar-refractivity contribution in [2.45, 2.75) is 31.8 Å². The van der Waals surface area contributed by atoms with Crippen LogP contribution in [-0.4, -0.2) is 10.5 Å². The van der Waals surface area contributed by atoms with E-state index in [1.54, 1.807) is 0 Å². The molecule has 0 spiro atoms. The van der Waals surface area contributed by atoms with Crippen LogP contribution < -0.4 is 5.32 Å². The number of nitrogens with one attached hydrogen (secondary N) is 2. The summed E-state index contributed by atoms with van der Waals surface area (Å²) in [6.45, 7) is 3.28. The summed E-state index contributed by atoms with van der Waals surface area (Å²) < 4.78 is 0. The van der Waals surface area contributed by atoms with Crippen LogP contribution in [0.1, 0.15) is 25.3 Å². The Kier molecular flexibility index (Phi) is 1.86. The fourth-order valence-corrected chi connectivity index (χ4v) is 1.89. The Balaban J connectivity index is 1.78. The third-order valence-corrected chi connectivity index (χ3v) is 3.34. The Morgan fingerprint density at radius 1 is 1.33 bits per heavy atom. The number of hydrogen-bond donors (Lipinski definition) is 2. The molecule has 0 unspecified atom stereocenters. The van der Waals surface area contributed by atoms with Gasteiger partial charge in [0.05, 0.1) is 0 Å². The van der Waals surface area contributed by atoms with Gasteiger partial charge in [-0.3, -0.25) is 0 Å². The highest BCUT2D eigenvalue weighted by Crippen LogP contribution is 2.34. The molecule has 2 heteroatoms. The Bertz CT molecular complexity index is 480. The molecule has 1 aromatic carbocycles. The van der Waals surface area contributed by atoms with Gasteiger partial charge >= 0.3 is 0 Å². The Hall–Kier alpha value is -1.28. The lowest BCUT2D eigenvalue weighted by molar-refractivity contribution is 0.538. The van der Waals surface area contributed by atoms with E-state index in [4.69, 9.17) is 0 Å². The highest BCUT2D eigenvalue weighted by Gasteiger charge is 2.36. The van der Waals surface area contributed by atoms with Crippen molar-refractivity contribution in [1.82, 2.24) is 10.3 Å².